The van der Waals surface area contributed by atoms with E-state index in [9.17, 15) is 4.39 Å². The van der Waals surface area contributed by atoms with E-state index in [4.69, 9.17) is 5.26 Å². The number of aromatic nitrogens is 3. The highest BCUT2D eigenvalue weighted by Gasteiger charge is 2.13. The second-order valence-electron chi connectivity index (χ2n) is 3.38. The Bertz CT molecular complexity index is 578. The molecule has 1 aromatic carbocycles. The van der Waals surface area contributed by atoms with Crippen LogP contribution in [0.4, 0.5) is 4.39 Å². The van der Waals surface area contributed by atoms with Gasteiger partial charge in [-0.3, -0.25) is 0 Å². The summed E-state index contributed by atoms with van der Waals surface area (Å²) in [5.74, 6) is -0.324. The number of benzene rings is 1. The first-order valence-electron chi connectivity index (χ1n) is 4.96. The highest BCUT2D eigenvalue weighted by molar-refractivity contribution is 5.64. The van der Waals surface area contributed by atoms with Gasteiger partial charge in [-0.25, -0.2) is 9.07 Å². The first-order valence-corrected chi connectivity index (χ1v) is 4.96. The van der Waals surface area contributed by atoms with Crippen LogP contribution in [-0.2, 0) is 6.54 Å². The van der Waals surface area contributed by atoms with E-state index >= 15 is 0 Å². The molecule has 2 aromatic rings. The molecule has 5 heteroatoms. The molecule has 0 saturated heterocycles. The van der Waals surface area contributed by atoms with E-state index in [2.05, 4.69) is 16.9 Å². The predicted molar refractivity (Wildman–Crippen MR) is 60.3 cm³/mol. The molecule has 0 N–H and O–H groups in total. The summed E-state index contributed by atoms with van der Waals surface area (Å²) in [6, 6.07) is 7.82. The minimum Gasteiger partial charge on any atom is -0.239 e. The van der Waals surface area contributed by atoms with Crippen LogP contribution in [0.2, 0.25) is 0 Å². The fourth-order valence-corrected chi connectivity index (χ4v) is 1.53. The summed E-state index contributed by atoms with van der Waals surface area (Å²) >= 11 is 0. The van der Waals surface area contributed by atoms with Crippen LogP contribution in [0.3, 0.4) is 0 Å². The minimum absolute atomic E-state index is 0.221. The van der Waals surface area contributed by atoms with Gasteiger partial charge >= 0.3 is 0 Å². The fraction of sp³-hybridized carbons (Fsp3) is 0.0833. The molecule has 2 rings (SSSR count). The quantitative estimate of drug-likeness (QED) is 0.756. The van der Waals surface area contributed by atoms with Crippen LogP contribution >= 0.6 is 0 Å². The summed E-state index contributed by atoms with van der Waals surface area (Å²) in [6.07, 6.45) is 1.66. The third-order valence-corrected chi connectivity index (χ3v) is 2.26. The van der Waals surface area contributed by atoms with Crippen molar-refractivity contribution in [3.05, 3.63) is 48.4 Å². The van der Waals surface area contributed by atoms with Crippen LogP contribution in [-0.4, -0.2) is 15.0 Å². The van der Waals surface area contributed by atoms with Gasteiger partial charge in [0.2, 0.25) is 0 Å². The lowest BCUT2D eigenvalue weighted by Crippen LogP contribution is -2.00. The van der Waals surface area contributed by atoms with Gasteiger partial charge in [-0.2, -0.15) is 5.26 Å². The molecule has 0 fully saturated rings. The van der Waals surface area contributed by atoms with Crippen molar-refractivity contribution >= 4 is 0 Å². The fourth-order valence-electron chi connectivity index (χ4n) is 1.53. The number of hydrogen-bond acceptors (Lipinski definition) is 3. The summed E-state index contributed by atoms with van der Waals surface area (Å²) in [6.45, 7) is 4.05. The van der Waals surface area contributed by atoms with Gasteiger partial charge in [0.15, 0.2) is 5.69 Å². The molecule has 0 aliphatic heterocycles. The molecule has 0 atom stereocenters. The van der Waals surface area contributed by atoms with E-state index in [0.717, 1.165) is 0 Å². The Labute approximate surface area is 97.6 Å². The van der Waals surface area contributed by atoms with Gasteiger partial charge in [-0.1, -0.05) is 11.3 Å². The van der Waals surface area contributed by atoms with E-state index in [1.807, 2.05) is 6.07 Å². The summed E-state index contributed by atoms with van der Waals surface area (Å²) in [5, 5.41) is 16.6. The molecule has 0 radical (unpaired) electrons. The van der Waals surface area contributed by atoms with Crippen molar-refractivity contribution in [2.24, 2.45) is 0 Å². The average molecular weight is 228 g/mol. The van der Waals surface area contributed by atoms with Crippen LogP contribution in [0.25, 0.3) is 11.3 Å². The van der Waals surface area contributed by atoms with Crippen molar-refractivity contribution in [3.63, 3.8) is 0 Å². The van der Waals surface area contributed by atoms with Crippen molar-refractivity contribution in [3.8, 4) is 17.3 Å². The molecule has 17 heavy (non-hydrogen) atoms. The SMILES string of the molecule is C=CCn1nnc(C#N)c1-c1ccc(F)cc1. The zero-order valence-electron chi connectivity index (χ0n) is 8.97. The van der Waals surface area contributed by atoms with Crippen molar-refractivity contribution in [1.82, 2.24) is 15.0 Å². The van der Waals surface area contributed by atoms with Gasteiger partial charge < -0.3 is 0 Å². The maximum Gasteiger partial charge on any atom is 0.190 e. The average Bonchev–Trinajstić information content (AvgIpc) is 2.74. The predicted octanol–water partition coefficient (Wildman–Crippen LogP) is 2.14. The molecular formula is C12H9FN4. The second-order valence-corrected chi connectivity index (χ2v) is 3.38. The van der Waals surface area contributed by atoms with Crippen LogP contribution < -0.4 is 0 Å². The first-order chi connectivity index (χ1) is 8.26. The monoisotopic (exact) mass is 228 g/mol. The lowest BCUT2D eigenvalue weighted by atomic mass is 10.1. The second kappa shape index (κ2) is 4.58. The zero-order chi connectivity index (χ0) is 12.3. The number of hydrogen-bond donors (Lipinski definition) is 0. The molecule has 1 aromatic heterocycles. The Hall–Kier alpha value is -2.48. The zero-order valence-corrected chi connectivity index (χ0v) is 8.97. The molecule has 0 unspecified atom stereocenters. The molecule has 4 nitrogen and oxygen atoms in total. The maximum atomic E-state index is 12.8. The summed E-state index contributed by atoms with van der Waals surface area (Å²) in [7, 11) is 0. The summed E-state index contributed by atoms with van der Waals surface area (Å²) in [4.78, 5) is 0. The maximum absolute atomic E-state index is 12.8. The molecule has 0 spiro atoms. The van der Waals surface area contributed by atoms with Gasteiger partial charge in [0.25, 0.3) is 0 Å². The summed E-state index contributed by atoms with van der Waals surface area (Å²) < 4.78 is 14.4. The molecule has 84 valence electrons. The smallest absolute Gasteiger partial charge is 0.190 e. The van der Waals surface area contributed by atoms with Crippen molar-refractivity contribution in [1.29, 1.82) is 5.26 Å². The van der Waals surface area contributed by atoms with E-state index in [-0.39, 0.29) is 11.5 Å². The van der Waals surface area contributed by atoms with E-state index < -0.39 is 0 Å². The molecule has 1 heterocycles. The van der Waals surface area contributed by atoms with Crippen LogP contribution in [0.1, 0.15) is 5.69 Å². The van der Waals surface area contributed by atoms with Crippen molar-refractivity contribution in [2.75, 3.05) is 0 Å². The van der Waals surface area contributed by atoms with Gasteiger partial charge in [0, 0.05) is 5.56 Å². The van der Waals surface area contributed by atoms with E-state index in [0.29, 0.717) is 17.8 Å². The topological polar surface area (TPSA) is 54.5 Å². The molecule has 0 aliphatic rings. The molecule has 0 amide bonds. The van der Waals surface area contributed by atoms with Crippen molar-refractivity contribution in [2.45, 2.75) is 6.54 Å². The largest absolute Gasteiger partial charge is 0.239 e. The highest BCUT2D eigenvalue weighted by atomic mass is 19.1. The summed E-state index contributed by atoms with van der Waals surface area (Å²) in [5.41, 5.74) is 1.50. The van der Waals surface area contributed by atoms with Gasteiger partial charge in [0.1, 0.15) is 17.6 Å². The van der Waals surface area contributed by atoms with Gasteiger partial charge in [-0.15, -0.1) is 11.7 Å². The Balaban J connectivity index is 2.56. The number of nitriles is 1. The Morgan fingerprint density at radius 2 is 2.12 bits per heavy atom. The van der Waals surface area contributed by atoms with Crippen LogP contribution in [0.15, 0.2) is 36.9 Å². The molecular weight excluding hydrogens is 219 g/mol. The van der Waals surface area contributed by atoms with Crippen LogP contribution in [0.5, 0.6) is 0 Å². The Kier molecular flexibility index (Phi) is 2.97. The normalized spacial score (nSPS) is 9.88. The van der Waals surface area contributed by atoms with Gasteiger partial charge in [0.05, 0.1) is 6.54 Å². The van der Waals surface area contributed by atoms with Crippen LogP contribution in [0, 0.1) is 17.1 Å². The van der Waals surface area contributed by atoms with Gasteiger partial charge in [-0.05, 0) is 24.3 Å². The Morgan fingerprint density at radius 3 is 2.71 bits per heavy atom. The molecule has 0 bridgehead atoms. The Morgan fingerprint density at radius 1 is 1.41 bits per heavy atom. The lowest BCUT2D eigenvalue weighted by Gasteiger charge is -2.03. The number of nitrogens with zero attached hydrogens (tertiary/aromatic N) is 4. The molecule has 0 saturated carbocycles. The first kappa shape index (κ1) is 11.0. The standard InChI is InChI=1S/C12H9FN4/c1-2-7-17-12(11(8-14)15-16-17)9-3-5-10(13)6-4-9/h2-6H,1,7H2. The van der Waals surface area contributed by atoms with E-state index in [1.54, 1.807) is 22.9 Å². The highest BCUT2D eigenvalue weighted by Crippen LogP contribution is 2.22. The minimum atomic E-state index is -0.324. The van der Waals surface area contributed by atoms with Crippen molar-refractivity contribution < 1.29 is 4.39 Å². The molecule has 0 aliphatic carbocycles. The lowest BCUT2D eigenvalue weighted by molar-refractivity contribution is 0.627. The number of allylic oxidation sites excluding steroid dienone is 1. The third-order valence-electron chi connectivity index (χ3n) is 2.26. The van der Waals surface area contributed by atoms with E-state index in [1.165, 1.54) is 12.1 Å². The third kappa shape index (κ3) is 2.06. The number of halogens is 1. The number of rotatable bonds is 3.